The minimum Gasteiger partial charge on any atom is -0.481 e. The van der Waals surface area contributed by atoms with Crippen LogP contribution in [-0.2, 0) is 14.3 Å². The predicted octanol–water partition coefficient (Wildman–Crippen LogP) is 4.12. The number of ether oxygens (including phenoxy) is 1. The van der Waals surface area contributed by atoms with Gasteiger partial charge in [0.15, 0.2) is 0 Å². The quantitative estimate of drug-likeness (QED) is 0.169. The van der Waals surface area contributed by atoms with Crippen molar-refractivity contribution in [2.75, 3.05) is 21.1 Å². The molecule has 0 aromatic carbocycles. The number of allylic oxidation sites excluding steroid dienone is 2. The van der Waals surface area contributed by atoms with Gasteiger partial charge in [-0.05, 0) is 25.7 Å². The Bertz CT molecular complexity index is 385. The van der Waals surface area contributed by atoms with Crippen LogP contribution >= 0.6 is 0 Å². The van der Waals surface area contributed by atoms with Crippen LogP contribution in [0.2, 0.25) is 0 Å². The van der Waals surface area contributed by atoms with E-state index in [0.717, 1.165) is 19.3 Å². The van der Waals surface area contributed by atoms with E-state index in [1.54, 1.807) is 0 Å². The molecule has 1 N–H and O–H groups in total. The minimum absolute atomic E-state index is 0.00817. The van der Waals surface area contributed by atoms with Gasteiger partial charge in [-0.15, -0.1) is 0 Å². The van der Waals surface area contributed by atoms with Crippen LogP contribution in [0, 0.1) is 0 Å². The van der Waals surface area contributed by atoms with Gasteiger partial charge < -0.3 is 9.84 Å². The Morgan fingerprint density at radius 2 is 1.62 bits per heavy atom. The summed E-state index contributed by atoms with van der Waals surface area (Å²) < 4.78 is 5.90. The Morgan fingerprint density at radius 3 is 2.17 bits per heavy atom. The van der Waals surface area contributed by atoms with E-state index >= 15 is 0 Å². The standard InChI is InChI=1S/C19H35NO4/c1-5-6-7-8-9-10-11-12-13-14-19(23)24-17(20(2,3)4)15-16-18(21)22/h10-11,17H,5-9,12-16H2,1-4H3/p+1/b11-10-. The van der Waals surface area contributed by atoms with E-state index in [9.17, 15) is 9.59 Å². The van der Waals surface area contributed by atoms with Crippen LogP contribution in [0.25, 0.3) is 0 Å². The van der Waals surface area contributed by atoms with Gasteiger partial charge in [0.2, 0.25) is 6.23 Å². The summed E-state index contributed by atoms with van der Waals surface area (Å²) in [5.41, 5.74) is 0. The molecule has 0 saturated heterocycles. The maximum absolute atomic E-state index is 11.9. The fraction of sp³-hybridized carbons (Fsp3) is 0.789. The molecule has 5 nitrogen and oxygen atoms in total. The summed E-state index contributed by atoms with van der Waals surface area (Å²) in [5, 5.41) is 8.80. The van der Waals surface area contributed by atoms with Crippen molar-refractivity contribution in [1.82, 2.24) is 0 Å². The number of quaternary nitrogens is 1. The van der Waals surface area contributed by atoms with Crippen molar-refractivity contribution in [3.8, 4) is 0 Å². The number of nitrogens with zero attached hydrogens (tertiary/aromatic N) is 1. The molecule has 0 radical (unpaired) electrons. The van der Waals surface area contributed by atoms with Gasteiger partial charge in [-0.2, -0.15) is 0 Å². The fourth-order valence-corrected chi connectivity index (χ4v) is 2.35. The monoisotopic (exact) mass is 342 g/mol. The van der Waals surface area contributed by atoms with Crippen molar-refractivity contribution >= 4 is 11.9 Å². The number of esters is 1. The van der Waals surface area contributed by atoms with E-state index in [0.29, 0.717) is 17.3 Å². The number of hydrogen-bond acceptors (Lipinski definition) is 3. The van der Waals surface area contributed by atoms with Gasteiger partial charge in [-0.25, -0.2) is 0 Å². The Labute approximate surface area is 147 Å². The number of aliphatic carboxylic acids is 1. The average molecular weight is 342 g/mol. The zero-order valence-corrected chi connectivity index (χ0v) is 15.9. The Morgan fingerprint density at radius 1 is 1.00 bits per heavy atom. The summed E-state index contributed by atoms with van der Waals surface area (Å²) in [7, 11) is 5.71. The molecule has 0 aliphatic rings. The van der Waals surface area contributed by atoms with Crippen LogP contribution < -0.4 is 0 Å². The number of rotatable bonds is 14. The smallest absolute Gasteiger partial charge is 0.310 e. The van der Waals surface area contributed by atoms with Crippen LogP contribution in [0.3, 0.4) is 0 Å². The second kappa shape index (κ2) is 13.0. The summed E-state index contributed by atoms with van der Waals surface area (Å²) in [6.07, 6.45) is 12.5. The number of carboxylic acid groups (broad SMARTS) is 1. The van der Waals surface area contributed by atoms with Gasteiger partial charge in [-0.1, -0.05) is 38.3 Å². The molecule has 5 heteroatoms. The zero-order valence-electron chi connectivity index (χ0n) is 15.9. The number of carbonyl (C=O) groups is 2. The maximum atomic E-state index is 11.9. The van der Waals surface area contributed by atoms with Crippen LogP contribution in [0.4, 0.5) is 0 Å². The molecule has 0 spiro atoms. The Kier molecular flexibility index (Phi) is 12.3. The molecule has 0 aromatic rings. The topological polar surface area (TPSA) is 63.6 Å². The molecule has 24 heavy (non-hydrogen) atoms. The van der Waals surface area contributed by atoms with E-state index in [1.165, 1.54) is 25.7 Å². The average Bonchev–Trinajstić information content (AvgIpc) is 2.48. The highest BCUT2D eigenvalue weighted by Gasteiger charge is 2.28. The third-order valence-electron chi connectivity index (χ3n) is 3.88. The van der Waals surface area contributed by atoms with Crippen molar-refractivity contribution in [3.63, 3.8) is 0 Å². The molecule has 0 aliphatic carbocycles. The normalized spacial score (nSPS) is 13.2. The molecule has 0 bridgehead atoms. The highest BCUT2D eigenvalue weighted by molar-refractivity contribution is 5.69. The molecule has 0 heterocycles. The lowest BCUT2D eigenvalue weighted by Gasteiger charge is -2.32. The van der Waals surface area contributed by atoms with Gasteiger partial charge in [-0.3, -0.25) is 14.1 Å². The largest absolute Gasteiger partial charge is 0.481 e. The van der Waals surface area contributed by atoms with E-state index in [2.05, 4.69) is 19.1 Å². The Hall–Kier alpha value is -1.36. The highest BCUT2D eigenvalue weighted by atomic mass is 16.6. The lowest BCUT2D eigenvalue weighted by molar-refractivity contribution is -0.917. The molecule has 140 valence electrons. The van der Waals surface area contributed by atoms with Crippen molar-refractivity contribution in [2.24, 2.45) is 0 Å². The summed E-state index contributed by atoms with van der Waals surface area (Å²) in [4.78, 5) is 22.7. The Balaban J connectivity index is 3.96. The van der Waals surface area contributed by atoms with Crippen molar-refractivity contribution in [2.45, 2.75) is 77.4 Å². The molecule has 0 saturated carbocycles. The van der Waals surface area contributed by atoms with E-state index < -0.39 is 12.2 Å². The van der Waals surface area contributed by atoms with Crippen molar-refractivity contribution in [1.29, 1.82) is 0 Å². The predicted molar refractivity (Wildman–Crippen MR) is 96.5 cm³/mol. The van der Waals surface area contributed by atoms with Gasteiger partial charge in [0, 0.05) is 12.8 Å². The number of carboxylic acids is 1. The fourth-order valence-electron chi connectivity index (χ4n) is 2.35. The van der Waals surface area contributed by atoms with Gasteiger partial charge >= 0.3 is 11.9 Å². The lowest BCUT2D eigenvalue weighted by Crippen LogP contribution is -2.47. The van der Waals surface area contributed by atoms with Gasteiger partial charge in [0.05, 0.1) is 27.6 Å². The maximum Gasteiger partial charge on any atom is 0.310 e. The second-order valence-corrected chi connectivity index (χ2v) is 7.21. The summed E-state index contributed by atoms with van der Waals surface area (Å²) in [6, 6.07) is 0. The molecule has 0 aliphatic heterocycles. The lowest BCUT2D eigenvalue weighted by atomic mass is 10.1. The number of carbonyl (C=O) groups excluding carboxylic acids is 1. The number of hydrogen-bond donors (Lipinski definition) is 1. The molecule has 0 rings (SSSR count). The molecule has 1 unspecified atom stereocenters. The first-order chi connectivity index (χ1) is 11.3. The van der Waals surface area contributed by atoms with Crippen molar-refractivity contribution < 1.29 is 23.9 Å². The molecule has 0 fully saturated rings. The zero-order chi connectivity index (χ0) is 18.4. The van der Waals surface area contributed by atoms with Gasteiger partial charge in [0.1, 0.15) is 0 Å². The van der Waals surface area contributed by atoms with Crippen LogP contribution in [0.15, 0.2) is 12.2 Å². The SMILES string of the molecule is CCCCCC/C=C\CCCC(=O)OC(CCC(=O)O)[N+](C)(C)C. The minimum atomic E-state index is -0.867. The van der Waals surface area contributed by atoms with Crippen LogP contribution in [0.5, 0.6) is 0 Å². The molecular weight excluding hydrogens is 306 g/mol. The van der Waals surface area contributed by atoms with E-state index in [-0.39, 0.29) is 12.4 Å². The van der Waals surface area contributed by atoms with Crippen LogP contribution in [0.1, 0.15) is 71.1 Å². The highest BCUT2D eigenvalue weighted by Crippen LogP contribution is 2.14. The number of unbranched alkanes of at least 4 members (excludes halogenated alkanes) is 5. The third-order valence-corrected chi connectivity index (χ3v) is 3.88. The summed E-state index contributed by atoms with van der Waals surface area (Å²) >= 11 is 0. The molecule has 0 aromatic heterocycles. The van der Waals surface area contributed by atoms with Crippen molar-refractivity contribution in [3.05, 3.63) is 12.2 Å². The third kappa shape index (κ3) is 13.1. The van der Waals surface area contributed by atoms with Crippen LogP contribution in [-0.4, -0.2) is 48.9 Å². The first kappa shape index (κ1) is 22.6. The van der Waals surface area contributed by atoms with E-state index in [1.807, 2.05) is 21.1 Å². The molecule has 1 atom stereocenters. The summed E-state index contributed by atoms with van der Waals surface area (Å²) in [6.45, 7) is 2.21. The molecular formula is C19H36NO4+. The molecule has 0 amide bonds. The van der Waals surface area contributed by atoms with E-state index in [4.69, 9.17) is 9.84 Å². The summed E-state index contributed by atoms with van der Waals surface area (Å²) in [5.74, 6) is -1.11. The first-order valence-electron chi connectivity index (χ1n) is 9.14. The van der Waals surface area contributed by atoms with Gasteiger partial charge in [0.25, 0.3) is 0 Å². The first-order valence-corrected chi connectivity index (χ1v) is 9.14. The second-order valence-electron chi connectivity index (χ2n) is 7.21.